The molecule has 2 aliphatic heterocycles. The SMILES string of the molecule is CC(C)(C)c1cc(-c2cc3c4c(c2)-n2c5cc6oc7ccccc7c6cc5c5cccc(c52)B4c2cc4c(cc2N3c2c(-c3cccc(-c5ccccc5)c3)cc(C(C)(C)C)cc2-c2cccc(-c3ccccc3)c2)c2ccccc2n4-c2ccccc2)cc(C(C)(C)C)c1. The van der Waals surface area contributed by atoms with Crippen molar-refractivity contribution in [1.82, 2.24) is 9.13 Å². The number of furan rings is 1. The van der Waals surface area contributed by atoms with Gasteiger partial charge in [-0.1, -0.05) is 250 Å². The van der Waals surface area contributed by atoms with Crippen molar-refractivity contribution in [3.63, 3.8) is 0 Å². The van der Waals surface area contributed by atoms with Crippen molar-refractivity contribution < 1.29 is 4.42 Å². The van der Waals surface area contributed by atoms with Gasteiger partial charge in [0, 0.05) is 77.8 Å². The summed E-state index contributed by atoms with van der Waals surface area (Å²) in [4.78, 5) is 2.75. The molecule has 0 unspecified atom stereocenters. The summed E-state index contributed by atoms with van der Waals surface area (Å²) >= 11 is 0. The van der Waals surface area contributed by atoms with Gasteiger partial charge in [0.05, 0.1) is 22.2 Å². The van der Waals surface area contributed by atoms with Crippen LogP contribution in [0.2, 0.25) is 0 Å². The molecule has 0 N–H and O–H groups in total. The monoisotopic (exact) mass is 1220 g/mol. The molecular weight excluding hydrogens is 1150 g/mol. The third-order valence-electron chi connectivity index (χ3n) is 20.7. The summed E-state index contributed by atoms with van der Waals surface area (Å²) in [6.45, 7) is 21.1. The normalized spacial score (nSPS) is 13.1. The summed E-state index contributed by atoms with van der Waals surface area (Å²) in [7, 11) is 0. The molecule has 0 amide bonds. The van der Waals surface area contributed by atoms with Crippen LogP contribution in [0.15, 0.2) is 277 Å². The van der Waals surface area contributed by atoms with Gasteiger partial charge in [0.2, 0.25) is 0 Å². The second kappa shape index (κ2) is 20.8. The van der Waals surface area contributed by atoms with Gasteiger partial charge in [0.15, 0.2) is 0 Å². The fourth-order valence-corrected chi connectivity index (χ4v) is 15.8. The first-order valence-corrected chi connectivity index (χ1v) is 33.7. The number of para-hydroxylation sites is 4. The third kappa shape index (κ3) is 8.96. The van der Waals surface area contributed by atoms with E-state index in [-0.39, 0.29) is 23.0 Å². The third-order valence-corrected chi connectivity index (χ3v) is 20.7. The van der Waals surface area contributed by atoms with Crippen LogP contribution in [0, 0.1) is 0 Å². The number of aromatic nitrogens is 2. The molecule has 0 fully saturated rings. The Balaban J connectivity index is 1.06. The standard InChI is InChI=1S/C90H72BN3O/c1-88(2,3)63-44-61(45-64(48-63)89(4,5)6)62-46-81-85-82(47-62)94(86-70(59-32-23-30-57(42-59)55-26-13-10-14-27-55)49-65(90(7,8)9)50-71(86)60-33-24-31-58(43-60)56-28-15-11-16-29-56)80-52-73-67-36-19-21-40-77(67)92(66-34-17-12-18-35-66)78(73)53-76(80)91(85)75-39-25-38-69-72-51-74-68-37-20-22-41-83(68)95-84(74)54-79(72)93(81)87(69)75/h10-54H,1-9H3. The fraction of sp³-hybridized carbons (Fsp3) is 0.133. The van der Waals surface area contributed by atoms with Crippen LogP contribution in [0.25, 0.3) is 133 Å². The Hall–Kier alpha value is -10.9. The minimum Gasteiger partial charge on any atom is -0.456 e. The van der Waals surface area contributed by atoms with Crippen LogP contribution in [0.4, 0.5) is 17.1 Å². The Morgan fingerprint density at radius 1 is 0.295 bits per heavy atom. The highest BCUT2D eigenvalue weighted by Gasteiger charge is 2.45. The van der Waals surface area contributed by atoms with Crippen LogP contribution in [-0.2, 0) is 16.2 Å². The average molecular weight is 1220 g/mol. The molecule has 0 radical (unpaired) electrons. The predicted octanol–water partition coefficient (Wildman–Crippen LogP) is 22.6. The molecule has 16 aromatic rings. The minimum atomic E-state index is -0.232. The molecule has 3 aromatic heterocycles. The van der Waals surface area contributed by atoms with Crippen LogP contribution in [0.1, 0.15) is 79.0 Å². The van der Waals surface area contributed by atoms with E-state index in [1.54, 1.807) is 0 Å². The first-order valence-electron chi connectivity index (χ1n) is 33.7. The lowest BCUT2D eigenvalue weighted by atomic mass is 9.33. The zero-order valence-corrected chi connectivity index (χ0v) is 55.3. The Morgan fingerprint density at radius 3 is 1.44 bits per heavy atom. The number of hydrogen-bond acceptors (Lipinski definition) is 2. The molecule has 0 aliphatic carbocycles. The largest absolute Gasteiger partial charge is 0.456 e. The van der Waals surface area contributed by atoms with E-state index in [2.05, 4.69) is 349 Å². The molecule has 4 nitrogen and oxygen atoms in total. The van der Waals surface area contributed by atoms with Gasteiger partial charge in [-0.2, -0.15) is 0 Å². The topological polar surface area (TPSA) is 26.2 Å². The maximum atomic E-state index is 6.88. The molecule has 5 heterocycles. The summed E-state index contributed by atoms with van der Waals surface area (Å²) < 4.78 is 12.0. The van der Waals surface area contributed by atoms with Crippen molar-refractivity contribution in [1.29, 1.82) is 0 Å². The van der Waals surface area contributed by atoms with Crippen molar-refractivity contribution in [2.45, 2.75) is 78.6 Å². The first-order chi connectivity index (χ1) is 46.0. The van der Waals surface area contributed by atoms with E-state index in [9.17, 15) is 0 Å². The molecule has 18 rings (SSSR count). The number of fused-ring (bicyclic) bond motifs is 13. The second-order valence-corrected chi connectivity index (χ2v) is 29.7. The van der Waals surface area contributed by atoms with Crippen molar-refractivity contribution in [2.24, 2.45) is 0 Å². The van der Waals surface area contributed by atoms with E-state index in [1.807, 2.05) is 0 Å². The molecule has 2 aliphatic rings. The maximum absolute atomic E-state index is 6.88. The Kier molecular flexibility index (Phi) is 12.5. The molecule has 0 saturated carbocycles. The minimum absolute atomic E-state index is 0.125. The van der Waals surface area contributed by atoms with Gasteiger partial charge in [-0.3, -0.25) is 0 Å². The number of rotatable bonds is 7. The highest BCUT2D eigenvalue weighted by Crippen LogP contribution is 2.53. The van der Waals surface area contributed by atoms with Crippen molar-refractivity contribution in [3.8, 4) is 67.0 Å². The summed E-state index contributed by atoms with van der Waals surface area (Å²) in [6, 6.07) is 104. The van der Waals surface area contributed by atoms with Gasteiger partial charge in [-0.25, -0.2) is 0 Å². The molecule has 0 atom stereocenters. The fourth-order valence-electron chi connectivity index (χ4n) is 15.8. The van der Waals surface area contributed by atoms with Crippen molar-refractivity contribution in [2.75, 3.05) is 4.90 Å². The predicted molar refractivity (Wildman–Crippen MR) is 405 cm³/mol. The summed E-state index contributed by atoms with van der Waals surface area (Å²) in [5, 5.41) is 7.10. The number of nitrogens with zero attached hydrogens (tertiary/aromatic N) is 3. The summed E-state index contributed by atoms with van der Waals surface area (Å²) in [5.41, 5.74) is 31.1. The van der Waals surface area contributed by atoms with Gasteiger partial charge in [-0.15, -0.1) is 0 Å². The van der Waals surface area contributed by atoms with E-state index in [4.69, 9.17) is 4.42 Å². The lowest BCUT2D eigenvalue weighted by molar-refractivity contribution is 0.569. The molecule has 13 aromatic carbocycles. The second-order valence-electron chi connectivity index (χ2n) is 29.7. The zero-order valence-electron chi connectivity index (χ0n) is 55.3. The maximum Gasteiger partial charge on any atom is 0.252 e. The van der Waals surface area contributed by atoms with Crippen LogP contribution < -0.4 is 21.3 Å². The zero-order chi connectivity index (χ0) is 64.4. The Bertz CT molecular complexity index is 5710. The first kappa shape index (κ1) is 56.8. The van der Waals surface area contributed by atoms with E-state index in [0.717, 1.165) is 78.0 Å². The molecule has 0 saturated heterocycles. The van der Waals surface area contributed by atoms with Crippen LogP contribution in [0.3, 0.4) is 0 Å². The van der Waals surface area contributed by atoms with Gasteiger partial charge < -0.3 is 18.5 Å². The van der Waals surface area contributed by atoms with E-state index in [1.165, 1.54) is 105 Å². The molecule has 5 heteroatoms. The van der Waals surface area contributed by atoms with E-state index < -0.39 is 0 Å². The van der Waals surface area contributed by atoms with E-state index >= 15 is 0 Å². The molecule has 95 heavy (non-hydrogen) atoms. The summed E-state index contributed by atoms with van der Waals surface area (Å²) in [6.07, 6.45) is 0. The lowest BCUT2D eigenvalue weighted by Crippen LogP contribution is -2.60. The smallest absolute Gasteiger partial charge is 0.252 e. The number of hydrogen-bond donors (Lipinski definition) is 0. The van der Waals surface area contributed by atoms with E-state index in [0.29, 0.717) is 0 Å². The van der Waals surface area contributed by atoms with Crippen LogP contribution in [-0.4, -0.2) is 15.8 Å². The van der Waals surface area contributed by atoms with Gasteiger partial charge >= 0.3 is 0 Å². The Labute approximate surface area is 556 Å². The number of benzene rings is 13. The highest BCUT2D eigenvalue weighted by atomic mass is 16.3. The summed E-state index contributed by atoms with van der Waals surface area (Å²) in [5.74, 6) is 0. The van der Waals surface area contributed by atoms with Crippen LogP contribution >= 0.6 is 0 Å². The van der Waals surface area contributed by atoms with Gasteiger partial charge in [-0.05, 0) is 173 Å². The quantitative estimate of drug-likeness (QED) is 0.149. The van der Waals surface area contributed by atoms with Crippen LogP contribution in [0.5, 0.6) is 0 Å². The lowest BCUT2D eigenvalue weighted by Gasteiger charge is -2.42. The van der Waals surface area contributed by atoms with Crippen molar-refractivity contribution in [3.05, 3.63) is 290 Å². The van der Waals surface area contributed by atoms with Gasteiger partial charge in [0.1, 0.15) is 11.2 Å². The molecular formula is C90H72BN3O. The molecule has 0 spiro atoms. The molecule has 456 valence electrons. The number of anilines is 3. The Morgan fingerprint density at radius 2 is 0.800 bits per heavy atom. The average Bonchev–Trinajstić information content (AvgIpc) is 1.64. The highest BCUT2D eigenvalue weighted by molar-refractivity contribution is 7.00. The van der Waals surface area contributed by atoms with Gasteiger partial charge in [0.25, 0.3) is 6.71 Å². The molecule has 0 bridgehead atoms. The van der Waals surface area contributed by atoms with Crippen molar-refractivity contribution >= 4 is 106 Å².